The smallest absolute Gasteiger partial charge is 0.278 e. The molecular weight excluding hydrogens is 222 g/mol. The summed E-state index contributed by atoms with van der Waals surface area (Å²) in [6.45, 7) is 3.58. The van der Waals surface area contributed by atoms with E-state index in [0.29, 0.717) is 5.88 Å². The topological polar surface area (TPSA) is 107 Å². The van der Waals surface area contributed by atoms with E-state index in [1.807, 2.05) is 0 Å². The number of carbonyl (C=O) groups excluding carboxylic acids is 1. The zero-order valence-electron chi connectivity index (χ0n) is 9.39. The fraction of sp³-hybridized carbons (Fsp3) is 0.200. The molecule has 0 saturated carbocycles. The lowest BCUT2D eigenvalue weighted by Crippen LogP contribution is -2.15. The van der Waals surface area contributed by atoms with E-state index >= 15 is 0 Å². The predicted octanol–water partition coefficient (Wildman–Crippen LogP) is 0.916. The summed E-state index contributed by atoms with van der Waals surface area (Å²) >= 11 is 0. The molecule has 0 spiro atoms. The first-order chi connectivity index (χ1) is 8.08. The Kier molecular flexibility index (Phi) is 2.73. The van der Waals surface area contributed by atoms with E-state index in [1.165, 1.54) is 12.4 Å². The highest BCUT2D eigenvalue weighted by Gasteiger charge is 2.14. The van der Waals surface area contributed by atoms with Crippen LogP contribution in [0, 0.1) is 13.8 Å². The van der Waals surface area contributed by atoms with Crippen molar-refractivity contribution in [1.82, 2.24) is 15.1 Å². The second-order valence-corrected chi connectivity index (χ2v) is 3.51. The highest BCUT2D eigenvalue weighted by Crippen LogP contribution is 2.17. The van der Waals surface area contributed by atoms with Crippen LogP contribution in [-0.4, -0.2) is 21.0 Å². The molecule has 0 saturated heterocycles. The largest absolute Gasteiger partial charge is 0.382 e. The molecule has 2 rings (SSSR count). The first-order valence-electron chi connectivity index (χ1n) is 4.89. The summed E-state index contributed by atoms with van der Waals surface area (Å²) in [7, 11) is 0. The first-order valence-corrected chi connectivity index (χ1v) is 4.89. The lowest BCUT2D eigenvalue weighted by atomic mass is 10.3. The maximum atomic E-state index is 11.8. The Labute approximate surface area is 97.0 Å². The molecule has 7 nitrogen and oxygen atoms in total. The van der Waals surface area contributed by atoms with Crippen molar-refractivity contribution >= 4 is 17.6 Å². The molecule has 0 aromatic carbocycles. The van der Waals surface area contributed by atoms with Crippen LogP contribution in [0.15, 0.2) is 16.9 Å². The lowest BCUT2D eigenvalue weighted by molar-refractivity contribution is 0.101. The van der Waals surface area contributed by atoms with Crippen LogP contribution in [0.5, 0.6) is 0 Å². The van der Waals surface area contributed by atoms with Gasteiger partial charge in [0, 0.05) is 5.56 Å². The number of nitrogens with two attached hydrogens (primary N) is 1. The minimum Gasteiger partial charge on any atom is -0.382 e. The Bertz CT molecular complexity index is 564. The monoisotopic (exact) mass is 233 g/mol. The molecular formula is C10H11N5O2. The SMILES string of the molecule is Cc1noc(NC(=O)c2cncc(N)n2)c1C. The zero-order chi connectivity index (χ0) is 12.4. The highest BCUT2D eigenvalue weighted by molar-refractivity contribution is 6.02. The van der Waals surface area contributed by atoms with E-state index in [2.05, 4.69) is 20.4 Å². The molecule has 2 heterocycles. The number of rotatable bonds is 2. The molecule has 0 radical (unpaired) electrons. The predicted molar refractivity (Wildman–Crippen MR) is 60.4 cm³/mol. The standard InChI is InChI=1S/C10H11N5O2/c1-5-6(2)15-17-10(5)14-9(16)7-3-12-4-8(11)13-7/h3-4H,1-2H3,(H2,11,13)(H,14,16). The second-order valence-electron chi connectivity index (χ2n) is 3.51. The third kappa shape index (κ3) is 2.22. The summed E-state index contributed by atoms with van der Waals surface area (Å²) in [5, 5.41) is 6.28. The van der Waals surface area contributed by atoms with Crippen molar-refractivity contribution in [2.75, 3.05) is 11.1 Å². The molecule has 0 aliphatic heterocycles. The number of anilines is 2. The molecule has 0 aliphatic rings. The van der Waals surface area contributed by atoms with Crippen molar-refractivity contribution in [3.8, 4) is 0 Å². The Hall–Kier alpha value is -2.44. The maximum absolute atomic E-state index is 11.8. The van der Waals surface area contributed by atoms with Crippen molar-refractivity contribution in [3.05, 3.63) is 29.3 Å². The van der Waals surface area contributed by atoms with E-state index in [-0.39, 0.29) is 11.5 Å². The minimum atomic E-state index is -0.441. The molecule has 0 bridgehead atoms. The van der Waals surface area contributed by atoms with Gasteiger partial charge in [-0.25, -0.2) is 4.98 Å². The van der Waals surface area contributed by atoms with Gasteiger partial charge in [-0.15, -0.1) is 0 Å². The van der Waals surface area contributed by atoms with Gasteiger partial charge in [0.2, 0.25) is 5.88 Å². The lowest BCUT2D eigenvalue weighted by Gasteiger charge is -2.01. The van der Waals surface area contributed by atoms with Crippen LogP contribution in [-0.2, 0) is 0 Å². The zero-order valence-corrected chi connectivity index (χ0v) is 9.39. The number of hydrogen-bond acceptors (Lipinski definition) is 6. The first kappa shape index (κ1) is 11.1. The molecule has 7 heteroatoms. The maximum Gasteiger partial charge on any atom is 0.278 e. The molecule has 3 N–H and O–H groups in total. The van der Waals surface area contributed by atoms with Crippen molar-refractivity contribution in [2.45, 2.75) is 13.8 Å². The van der Waals surface area contributed by atoms with E-state index in [9.17, 15) is 4.79 Å². The van der Waals surface area contributed by atoms with Gasteiger partial charge in [0.1, 0.15) is 11.5 Å². The van der Waals surface area contributed by atoms with Crippen LogP contribution in [0.2, 0.25) is 0 Å². The van der Waals surface area contributed by atoms with Gasteiger partial charge < -0.3 is 10.3 Å². The number of aromatic nitrogens is 3. The van der Waals surface area contributed by atoms with Crippen molar-refractivity contribution in [2.24, 2.45) is 0 Å². The molecule has 2 aromatic heterocycles. The van der Waals surface area contributed by atoms with Crippen molar-refractivity contribution in [1.29, 1.82) is 0 Å². The molecule has 2 aromatic rings. The van der Waals surface area contributed by atoms with Gasteiger partial charge in [-0.1, -0.05) is 5.16 Å². The summed E-state index contributed by atoms with van der Waals surface area (Å²) in [5.41, 5.74) is 7.05. The Morgan fingerprint density at radius 3 is 2.76 bits per heavy atom. The number of nitrogens with zero attached hydrogens (tertiary/aromatic N) is 3. The average molecular weight is 233 g/mol. The van der Waals surface area contributed by atoms with E-state index in [1.54, 1.807) is 13.8 Å². The van der Waals surface area contributed by atoms with E-state index in [4.69, 9.17) is 10.3 Å². The summed E-state index contributed by atoms with van der Waals surface area (Å²) in [6.07, 6.45) is 2.69. The average Bonchev–Trinajstić information content (AvgIpc) is 2.61. The number of carbonyl (C=O) groups is 1. The molecule has 88 valence electrons. The van der Waals surface area contributed by atoms with Gasteiger partial charge in [-0.05, 0) is 13.8 Å². The Morgan fingerprint density at radius 2 is 2.18 bits per heavy atom. The van der Waals surface area contributed by atoms with E-state index < -0.39 is 5.91 Å². The van der Waals surface area contributed by atoms with Crippen LogP contribution in [0.3, 0.4) is 0 Å². The summed E-state index contributed by atoms with van der Waals surface area (Å²) in [5.74, 6) is 0.0453. The molecule has 0 fully saturated rings. The molecule has 0 atom stereocenters. The Balaban J connectivity index is 2.20. The number of nitrogens with one attached hydrogen (secondary N) is 1. The fourth-order valence-electron chi connectivity index (χ4n) is 1.19. The number of hydrogen-bond donors (Lipinski definition) is 2. The van der Waals surface area contributed by atoms with Crippen LogP contribution in [0.25, 0.3) is 0 Å². The Morgan fingerprint density at radius 1 is 1.41 bits per heavy atom. The highest BCUT2D eigenvalue weighted by atomic mass is 16.5. The number of amides is 1. The third-order valence-corrected chi connectivity index (χ3v) is 2.27. The minimum absolute atomic E-state index is 0.124. The van der Waals surface area contributed by atoms with E-state index in [0.717, 1.165) is 11.3 Å². The van der Waals surface area contributed by atoms with Gasteiger partial charge >= 0.3 is 0 Å². The molecule has 0 aliphatic carbocycles. The summed E-state index contributed by atoms with van der Waals surface area (Å²) in [4.78, 5) is 19.4. The number of aryl methyl sites for hydroxylation is 1. The van der Waals surface area contributed by atoms with Gasteiger partial charge in [0.15, 0.2) is 0 Å². The van der Waals surface area contributed by atoms with Crippen LogP contribution in [0.1, 0.15) is 21.7 Å². The van der Waals surface area contributed by atoms with Gasteiger partial charge in [0.05, 0.1) is 18.1 Å². The van der Waals surface area contributed by atoms with Crippen molar-refractivity contribution < 1.29 is 9.32 Å². The van der Waals surface area contributed by atoms with Gasteiger partial charge in [-0.2, -0.15) is 0 Å². The molecule has 17 heavy (non-hydrogen) atoms. The van der Waals surface area contributed by atoms with Crippen LogP contribution < -0.4 is 11.1 Å². The quantitative estimate of drug-likeness (QED) is 0.798. The molecule has 1 amide bonds. The van der Waals surface area contributed by atoms with Crippen LogP contribution in [0.4, 0.5) is 11.7 Å². The third-order valence-electron chi connectivity index (χ3n) is 2.27. The summed E-state index contributed by atoms with van der Waals surface area (Å²) in [6, 6.07) is 0. The van der Waals surface area contributed by atoms with Gasteiger partial charge in [-0.3, -0.25) is 15.1 Å². The normalized spacial score (nSPS) is 10.2. The fourth-order valence-corrected chi connectivity index (χ4v) is 1.19. The second kappa shape index (κ2) is 4.20. The van der Waals surface area contributed by atoms with Crippen LogP contribution >= 0.6 is 0 Å². The molecule has 0 unspecified atom stereocenters. The summed E-state index contributed by atoms with van der Waals surface area (Å²) < 4.78 is 4.96. The number of nitrogen functional groups attached to an aromatic ring is 1. The van der Waals surface area contributed by atoms with Gasteiger partial charge in [0.25, 0.3) is 5.91 Å². The van der Waals surface area contributed by atoms with Crippen molar-refractivity contribution in [3.63, 3.8) is 0 Å².